The molecule has 7 heteroatoms. The zero-order chi connectivity index (χ0) is 14.6. The minimum atomic E-state index is -3.78. The van der Waals surface area contributed by atoms with E-state index in [-0.39, 0.29) is 4.90 Å². The topological polar surface area (TPSA) is 58.2 Å². The molecule has 1 aliphatic rings. The van der Waals surface area contributed by atoms with Crippen LogP contribution in [-0.4, -0.2) is 28.1 Å². The van der Waals surface area contributed by atoms with E-state index in [2.05, 4.69) is 10.0 Å². The van der Waals surface area contributed by atoms with Gasteiger partial charge in [-0.05, 0) is 56.5 Å². The highest BCUT2D eigenvalue weighted by molar-refractivity contribution is 7.89. The van der Waals surface area contributed by atoms with Crippen LogP contribution in [0.5, 0.6) is 0 Å². The lowest BCUT2D eigenvalue weighted by atomic mass is 9.96. The first-order valence-corrected chi connectivity index (χ1v) is 8.13. The van der Waals surface area contributed by atoms with Gasteiger partial charge in [0.1, 0.15) is 0 Å². The molecule has 20 heavy (non-hydrogen) atoms. The molecule has 0 bridgehead atoms. The molecule has 1 unspecified atom stereocenters. The number of hydrogen-bond acceptors (Lipinski definition) is 3. The Balaban J connectivity index is 1.91. The molecule has 0 saturated carbocycles. The highest BCUT2D eigenvalue weighted by atomic mass is 32.2. The number of benzene rings is 1. The number of hydrogen-bond donors (Lipinski definition) is 2. The van der Waals surface area contributed by atoms with Crippen molar-refractivity contribution in [2.24, 2.45) is 5.92 Å². The van der Waals surface area contributed by atoms with E-state index in [1.54, 1.807) is 0 Å². The first-order valence-electron chi connectivity index (χ1n) is 6.64. The fraction of sp³-hybridized carbons (Fsp3) is 0.538. The van der Waals surface area contributed by atoms with E-state index in [4.69, 9.17) is 0 Å². The summed E-state index contributed by atoms with van der Waals surface area (Å²) >= 11 is 0. The number of rotatable bonds is 5. The van der Waals surface area contributed by atoms with E-state index >= 15 is 0 Å². The van der Waals surface area contributed by atoms with Gasteiger partial charge in [0.05, 0.1) is 4.90 Å². The van der Waals surface area contributed by atoms with E-state index in [9.17, 15) is 17.2 Å². The Bertz CT molecular complexity index is 557. The number of sulfonamides is 1. The van der Waals surface area contributed by atoms with Gasteiger partial charge in [-0.25, -0.2) is 21.9 Å². The minimum Gasteiger partial charge on any atom is -0.316 e. The SMILES string of the molecule is O=S(=O)(NCCC1CCCNC1)c1ccc(F)c(F)c1. The van der Waals surface area contributed by atoms with Crippen molar-refractivity contribution in [1.82, 2.24) is 10.0 Å². The maximum Gasteiger partial charge on any atom is 0.240 e. The molecule has 2 N–H and O–H groups in total. The summed E-state index contributed by atoms with van der Waals surface area (Å²) in [5.41, 5.74) is 0. The Hall–Kier alpha value is -1.05. The Labute approximate surface area is 117 Å². The Kier molecular flexibility index (Phi) is 5.06. The van der Waals surface area contributed by atoms with Gasteiger partial charge >= 0.3 is 0 Å². The van der Waals surface area contributed by atoms with Crippen LogP contribution in [0.25, 0.3) is 0 Å². The molecular formula is C13H18F2N2O2S. The molecule has 4 nitrogen and oxygen atoms in total. The molecule has 0 spiro atoms. The molecule has 1 aromatic carbocycles. The standard InChI is InChI=1S/C13H18F2N2O2S/c14-12-4-3-11(8-13(12)15)20(18,19)17-7-5-10-2-1-6-16-9-10/h3-4,8,10,16-17H,1-2,5-7,9H2. The maximum atomic E-state index is 13.0. The fourth-order valence-corrected chi connectivity index (χ4v) is 3.35. The summed E-state index contributed by atoms with van der Waals surface area (Å²) in [7, 11) is -3.78. The van der Waals surface area contributed by atoms with Gasteiger partial charge in [-0.3, -0.25) is 0 Å². The van der Waals surface area contributed by atoms with Gasteiger partial charge in [0, 0.05) is 6.54 Å². The van der Waals surface area contributed by atoms with Crippen molar-refractivity contribution in [3.05, 3.63) is 29.8 Å². The smallest absolute Gasteiger partial charge is 0.240 e. The van der Waals surface area contributed by atoms with Crippen LogP contribution in [0.2, 0.25) is 0 Å². The predicted molar refractivity (Wildman–Crippen MR) is 71.8 cm³/mol. The van der Waals surface area contributed by atoms with Crippen molar-refractivity contribution in [3.8, 4) is 0 Å². The second kappa shape index (κ2) is 6.60. The second-order valence-corrected chi connectivity index (χ2v) is 6.74. The second-order valence-electron chi connectivity index (χ2n) is 4.97. The summed E-state index contributed by atoms with van der Waals surface area (Å²) in [6.45, 7) is 2.21. The maximum absolute atomic E-state index is 13.0. The van der Waals surface area contributed by atoms with Crippen LogP contribution < -0.4 is 10.0 Å². The predicted octanol–water partition coefficient (Wildman–Crippen LogP) is 1.63. The Morgan fingerprint density at radius 2 is 2.10 bits per heavy atom. The summed E-state index contributed by atoms with van der Waals surface area (Å²) in [6.07, 6.45) is 2.91. The normalized spacial score (nSPS) is 20.0. The van der Waals surface area contributed by atoms with Gasteiger partial charge in [0.25, 0.3) is 0 Å². The van der Waals surface area contributed by atoms with E-state index in [0.717, 1.165) is 44.5 Å². The first-order chi connectivity index (χ1) is 9.49. The van der Waals surface area contributed by atoms with Gasteiger partial charge < -0.3 is 5.32 Å². The van der Waals surface area contributed by atoms with Crippen molar-refractivity contribution in [2.45, 2.75) is 24.2 Å². The molecule has 1 aromatic rings. The lowest BCUT2D eigenvalue weighted by Gasteiger charge is -2.22. The summed E-state index contributed by atoms with van der Waals surface area (Å²) < 4.78 is 52.1. The molecule has 112 valence electrons. The van der Waals surface area contributed by atoms with Crippen LogP contribution in [0.4, 0.5) is 8.78 Å². The lowest BCUT2D eigenvalue weighted by Crippen LogP contribution is -2.33. The molecule has 1 heterocycles. The first kappa shape index (κ1) is 15.3. The van der Waals surface area contributed by atoms with Crippen LogP contribution in [0.15, 0.2) is 23.1 Å². The average Bonchev–Trinajstić information content (AvgIpc) is 2.43. The van der Waals surface area contributed by atoms with Crippen LogP contribution in [0.1, 0.15) is 19.3 Å². The molecule has 2 rings (SSSR count). The van der Waals surface area contributed by atoms with Gasteiger partial charge in [-0.15, -0.1) is 0 Å². The van der Waals surface area contributed by atoms with E-state index in [1.807, 2.05) is 0 Å². The third kappa shape index (κ3) is 3.97. The van der Waals surface area contributed by atoms with Crippen LogP contribution in [-0.2, 0) is 10.0 Å². The van der Waals surface area contributed by atoms with Crippen molar-refractivity contribution in [3.63, 3.8) is 0 Å². The Morgan fingerprint density at radius 1 is 1.30 bits per heavy atom. The van der Waals surface area contributed by atoms with Crippen molar-refractivity contribution in [2.75, 3.05) is 19.6 Å². The molecule has 1 fully saturated rings. The largest absolute Gasteiger partial charge is 0.316 e. The summed E-state index contributed by atoms with van der Waals surface area (Å²) in [4.78, 5) is -0.252. The number of piperidine rings is 1. The molecule has 1 saturated heterocycles. The van der Waals surface area contributed by atoms with Gasteiger partial charge in [-0.2, -0.15) is 0 Å². The van der Waals surface area contributed by atoms with E-state index in [0.29, 0.717) is 18.5 Å². The minimum absolute atomic E-state index is 0.252. The quantitative estimate of drug-likeness (QED) is 0.869. The van der Waals surface area contributed by atoms with Gasteiger partial charge in [-0.1, -0.05) is 0 Å². The van der Waals surface area contributed by atoms with Gasteiger partial charge in [0.2, 0.25) is 10.0 Å². The highest BCUT2D eigenvalue weighted by Crippen LogP contribution is 2.15. The molecule has 0 aliphatic carbocycles. The monoisotopic (exact) mass is 304 g/mol. The number of nitrogens with one attached hydrogen (secondary N) is 2. The Morgan fingerprint density at radius 3 is 2.75 bits per heavy atom. The van der Waals surface area contributed by atoms with Crippen molar-refractivity contribution >= 4 is 10.0 Å². The van der Waals surface area contributed by atoms with E-state index in [1.165, 1.54) is 0 Å². The average molecular weight is 304 g/mol. The third-order valence-corrected chi connectivity index (χ3v) is 4.90. The van der Waals surface area contributed by atoms with Crippen molar-refractivity contribution < 1.29 is 17.2 Å². The zero-order valence-corrected chi connectivity index (χ0v) is 11.8. The van der Waals surface area contributed by atoms with Crippen LogP contribution >= 0.6 is 0 Å². The molecule has 1 atom stereocenters. The zero-order valence-electron chi connectivity index (χ0n) is 11.0. The molecule has 0 radical (unpaired) electrons. The molecule has 0 aromatic heterocycles. The summed E-state index contributed by atoms with van der Waals surface area (Å²) in [5, 5.41) is 3.26. The molecule has 1 aliphatic heterocycles. The lowest BCUT2D eigenvalue weighted by molar-refractivity contribution is 0.358. The summed E-state index contributed by atoms with van der Waals surface area (Å²) in [5.74, 6) is -1.77. The van der Waals surface area contributed by atoms with Crippen LogP contribution in [0, 0.1) is 17.6 Å². The number of halogens is 2. The highest BCUT2D eigenvalue weighted by Gasteiger charge is 2.18. The fourth-order valence-electron chi connectivity index (χ4n) is 2.30. The van der Waals surface area contributed by atoms with Gasteiger partial charge in [0.15, 0.2) is 11.6 Å². The third-order valence-electron chi connectivity index (χ3n) is 3.44. The van der Waals surface area contributed by atoms with Crippen molar-refractivity contribution in [1.29, 1.82) is 0 Å². The molecule has 0 amide bonds. The summed E-state index contributed by atoms with van der Waals surface area (Å²) in [6, 6.07) is 2.57. The van der Waals surface area contributed by atoms with Crippen LogP contribution in [0.3, 0.4) is 0 Å². The van der Waals surface area contributed by atoms with E-state index < -0.39 is 21.7 Å². The molecular weight excluding hydrogens is 286 g/mol.